The maximum atomic E-state index is 10.5. The third-order valence-corrected chi connectivity index (χ3v) is 2.81. The van der Waals surface area contributed by atoms with Gasteiger partial charge in [0.25, 0.3) is 0 Å². The molecule has 0 amide bonds. The van der Waals surface area contributed by atoms with Crippen LogP contribution in [0.3, 0.4) is 0 Å². The van der Waals surface area contributed by atoms with Gasteiger partial charge in [-0.05, 0) is 31.1 Å². The quantitative estimate of drug-likeness (QED) is 0.337. The highest BCUT2D eigenvalue weighted by molar-refractivity contribution is 5.65. The van der Waals surface area contributed by atoms with Crippen LogP contribution < -0.4 is 0 Å². The highest BCUT2D eigenvalue weighted by Crippen LogP contribution is 2.25. The Balaban J connectivity index is 3.55. The van der Waals surface area contributed by atoms with Crippen molar-refractivity contribution in [2.75, 3.05) is 6.61 Å². The zero-order valence-corrected chi connectivity index (χ0v) is 11.9. The monoisotopic (exact) mass is 240 g/mol. The molecule has 100 valence electrons. The lowest BCUT2D eigenvalue weighted by atomic mass is 9.86. The Morgan fingerprint density at radius 2 is 1.94 bits per heavy atom. The maximum Gasteiger partial charge on any atom is 0.302 e. The van der Waals surface area contributed by atoms with E-state index in [1.807, 2.05) is 0 Å². The van der Waals surface area contributed by atoms with Crippen LogP contribution in [0.15, 0.2) is 12.2 Å². The van der Waals surface area contributed by atoms with Crippen LogP contribution in [0.4, 0.5) is 0 Å². The Hall–Kier alpha value is -0.790. The SMILES string of the molecule is CCCCC(C)(C)C=CCCCCOC(C)=O. The second-order valence-corrected chi connectivity index (χ2v) is 5.33. The Morgan fingerprint density at radius 3 is 2.53 bits per heavy atom. The molecule has 0 aliphatic rings. The molecule has 0 aromatic rings. The standard InChI is InChI=1S/C15H28O2/c1-5-6-11-15(3,4)12-9-7-8-10-13-17-14(2)16/h9,12H,5-8,10-11,13H2,1-4H3. The van der Waals surface area contributed by atoms with Crippen molar-refractivity contribution in [1.82, 2.24) is 0 Å². The minimum absolute atomic E-state index is 0.179. The van der Waals surface area contributed by atoms with Crippen LogP contribution in [0, 0.1) is 5.41 Å². The van der Waals surface area contributed by atoms with Gasteiger partial charge in [-0.15, -0.1) is 0 Å². The molecule has 0 heterocycles. The first kappa shape index (κ1) is 16.2. The fourth-order valence-corrected chi connectivity index (χ4v) is 1.70. The zero-order valence-electron chi connectivity index (χ0n) is 11.9. The van der Waals surface area contributed by atoms with E-state index in [4.69, 9.17) is 4.74 Å². The molecule has 0 atom stereocenters. The van der Waals surface area contributed by atoms with Gasteiger partial charge in [0.15, 0.2) is 0 Å². The molecule has 2 nitrogen and oxygen atoms in total. The van der Waals surface area contributed by atoms with Crippen LogP contribution in [0.5, 0.6) is 0 Å². The zero-order chi connectivity index (χ0) is 13.1. The summed E-state index contributed by atoms with van der Waals surface area (Å²) < 4.78 is 4.88. The molecular weight excluding hydrogens is 212 g/mol. The number of hydrogen-bond donors (Lipinski definition) is 0. The third-order valence-electron chi connectivity index (χ3n) is 2.81. The second kappa shape index (κ2) is 9.26. The van der Waals surface area contributed by atoms with E-state index in [2.05, 4.69) is 32.9 Å². The third kappa shape index (κ3) is 11.5. The Bertz CT molecular complexity index is 229. The van der Waals surface area contributed by atoms with E-state index in [-0.39, 0.29) is 5.97 Å². The number of carbonyl (C=O) groups is 1. The molecule has 0 radical (unpaired) electrons. The van der Waals surface area contributed by atoms with Crippen LogP contribution in [0.1, 0.15) is 66.2 Å². The number of unbranched alkanes of at least 4 members (excludes halogenated alkanes) is 3. The largest absolute Gasteiger partial charge is 0.466 e. The fourth-order valence-electron chi connectivity index (χ4n) is 1.70. The van der Waals surface area contributed by atoms with Gasteiger partial charge < -0.3 is 4.74 Å². The summed E-state index contributed by atoms with van der Waals surface area (Å²) >= 11 is 0. The van der Waals surface area contributed by atoms with Crippen molar-refractivity contribution < 1.29 is 9.53 Å². The molecule has 0 bridgehead atoms. The van der Waals surface area contributed by atoms with Gasteiger partial charge in [-0.1, -0.05) is 45.8 Å². The fraction of sp³-hybridized carbons (Fsp3) is 0.800. The van der Waals surface area contributed by atoms with Gasteiger partial charge >= 0.3 is 5.97 Å². The van der Waals surface area contributed by atoms with Gasteiger partial charge in [-0.3, -0.25) is 4.79 Å². The summed E-state index contributed by atoms with van der Waals surface area (Å²) in [6.07, 6.45) is 11.5. The lowest BCUT2D eigenvalue weighted by Gasteiger charge is -2.19. The molecule has 0 spiro atoms. The average Bonchev–Trinajstić information content (AvgIpc) is 2.24. The highest BCUT2D eigenvalue weighted by atomic mass is 16.5. The molecule has 2 heteroatoms. The number of esters is 1. The van der Waals surface area contributed by atoms with Crippen LogP contribution in [0.2, 0.25) is 0 Å². The molecule has 17 heavy (non-hydrogen) atoms. The van der Waals surface area contributed by atoms with E-state index in [9.17, 15) is 4.79 Å². The molecule has 0 N–H and O–H groups in total. The van der Waals surface area contributed by atoms with Crippen LogP contribution in [-0.2, 0) is 9.53 Å². The van der Waals surface area contributed by atoms with E-state index >= 15 is 0 Å². The first-order valence-electron chi connectivity index (χ1n) is 6.79. The van der Waals surface area contributed by atoms with Crippen LogP contribution in [0.25, 0.3) is 0 Å². The Labute approximate surface area is 106 Å². The van der Waals surface area contributed by atoms with Gasteiger partial charge in [0, 0.05) is 6.92 Å². The number of ether oxygens (including phenoxy) is 1. The van der Waals surface area contributed by atoms with E-state index < -0.39 is 0 Å². The highest BCUT2D eigenvalue weighted by Gasteiger charge is 2.11. The first-order valence-corrected chi connectivity index (χ1v) is 6.79. The second-order valence-electron chi connectivity index (χ2n) is 5.33. The molecule has 0 aliphatic carbocycles. The maximum absolute atomic E-state index is 10.5. The van der Waals surface area contributed by atoms with Crippen molar-refractivity contribution in [3.05, 3.63) is 12.2 Å². The topological polar surface area (TPSA) is 26.3 Å². The van der Waals surface area contributed by atoms with E-state index in [0.717, 1.165) is 19.3 Å². The van der Waals surface area contributed by atoms with Gasteiger partial charge in [-0.25, -0.2) is 0 Å². The predicted molar refractivity (Wildman–Crippen MR) is 72.9 cm³/mol. The van der Waals surface area contributed by atoms with Gasteiger partial charge in [-0.2, -0.15) is 0 Å². The minimum Gasteiger partial charge on any atom is -0.466 e. The smallest absolute Gasteiger partial charge is 0.302 e. The van der Waals surface area contributed by atoms with Crippen LogP contribution >= 0.6 is 0 Å². The van der Waals surface area contributed by atoms with Gasteiger partial charge in [0.1, 0.15) is 0 Å². The summed E-state index contributed by atoms with van der Waals surface area (Å²) in [5.41, 5.74) is 0.325. The predicted octanol–water partition coefficient (Wildman–Crippen LogP) is 4.49. The van der Waals surface area contributed by atoms with Crippen molar-refractivity contribution in [2.45, 2.75) is 66.2 Å². The molecule has 0 fully saturated rings. The first-order chi connectivity index (χ1) is 7.98. The summed E-state index contributed by atoms with van der Waals surface area (Å²) in [6.45, 7) is 8.82. The lowest BCUT2D eigenvalue weighted by Crippen LogP contribution is -2.06. The van der Waals surface area contributed by atoms with Crippen molar-refractivity contribution in [2.24, 2.45) is 5.41 Å². The minimum atomic E-state index is -0.179. The summed E-state index contributed by atoms with van der Waals surface area (Å²) in [7, 11) is 0. The molecule has 0 aromatic carbocycles. The lowest BCUT2D eigenvalue weighted by molar-refractivity contribution is -0.141. The van der Waals surface area contributed by atoms with Crippen molar-refractivity contribution in [3.63, 3.8) is 0 Å². The van der Waals surface area contributed by atoms with Gasteiger partial charge in [0.2, 0.25) is 0 Å². The number of allylic oxidation sites excluding steroid dienone is 2. The molecular formula is C15H28O2. The van der Waals surface area contributed by atoms with Crippen LogP contribution in [-0.4, -0.2) is 12.6 Å². The Morgan fingerprint density at radius 1 is 1.24 bits per heavy atom. The van der Waals surface area contributed by atoms with E-state index in [0.29, 0.717) is 12.0 Å². The van der Waals surface area contributed by atoms with Crippen molar-refractivity contribution in [1.29, 1.82) is 0 Å². The summed E-state index contributed by atoms with van der Waals surface area (Å²) in [6, 6.07) is 0. The summed E-state index contributed by atoms with van der Waals surface area (Å²) in [5.74, 6) is -0.179. The molecule has 0 aromatic heterocycles. The normalized spacial score (nSPS) is 12.0. The van der Waals surface area contributed by atoms with Gasteiger partial charge in [0.05, 0.1) is 6.61 Å². The molecule has 0 saturated carbocycles. The van der Waals surface area contributed by atoms with Crippen molar-refractivity contribution >= 4 is 5.97 Å². The number of hydrogen-bond acceptors (Lipinski definition) is 2. The average molecular weight is 240 g/mol. The van der Waals surface area contributed by atoms with Crippen molar-refractivity contribution in [3.8, 4) is 0 Å². The molecule has 0 rings (SSSR count). The summed E-state index contributed by atoms with van der Waals surface area (Å²) in [5, 5.41) is 0. The molecule has 0 aliphatic heterocycles. The number of carbonyl (C=O) groups excluding carboxylic acids is 1. The summed E-state index contributed by atoms with van der Waals surface area (Å²) in [4.78, 5) is 10.5. The molecule has 0 unspecified atom stereocenters. The Kier molecular flexibility index (Phi) is 8.83. The van der Waals surface area contributed by atoms with E-state index in [1.54, 1.807) is 0 Å². The number of rotatable bonds is 9. The molecule has 0 saturated heterocycles. The van der Waals surface area contributed by atoms with E-state index in [1.165, 1.54) is 26.2 Å².